The van der Waals surface area contributed by atoms with Crippen LogP contribution in [0.25, 0.3) is 10.9 Å². The fourth-order valence-corrected chi connectivity index (χ4v) is 3.58. The summed E-state index contributed by atoms with van der Waals surface area (Å²) in [4.78, 5) is 26.1. The Morgan fingerprint density at radius 1 is 1.23 bits per heavy atom. The molecule has 1 saturated heterocycles. The van der Waals surface area contributed by atoms with Crippen LogP contribution in [0.2, 0.25) is 0 Å². The molecule has 1 fully saturated rings. The van der Waals surface area contributed by atoms with Gasteiger partial charge in [0.1, 0.15) is 5.41 Å². The van der Waals surface area contributed by atoms with Gasteiger partial charge in [-0.3, -0.25) is 9.59 Å². The predicted molar refractivity (Wildman–Crippen MR) is 96.3 cm³/mol. The molecule has 140 valence electrons. The van der Waals surface area contributed by atoms with Crippen LogP contribution in [0.5, 0.6) is 0 Å². The van der Waals surface area contributed by atoms with Gasteiger partial charge >= 0.3 is 5.97 Å². The molecule has 26 heavy (non-hydrogen) atoms. The third-order valence-electron chi connectivity index (χ3n) is 5.07. The van der Waals surface area contributed by atoms with Crippen molar-refractivity contribution in [3.63, 3.8) is 0 Å². The highest BCUT2D eigenvalue weighted by Crippen LogP contribution is 2.32. The van der Waals surface area contributed by atoms with Gasteiger partial charge in [0, 0.05) is 56.5 Å². The van der Waals surface area contributed by atoms with Gasteiger partial charge in [-0.2, -0.15) is 0 Å². The van der Waals surface area contributed by atoms with Gasteiger partial charge in [-0.15, -0.1) is 0 Å². The Balaban J connectivity index is 1.79. The lowest BCUT2D eigenvalue weighted by Gasteiger charge is -2.23. The van der Waals surface area contributed by atoms with Gasteiger partial charge in [0.15, 0.2) is 0 Å². The lowest BCUT2D eigenvalue weighted by atomic mass is 9.88. The highest BCUT2D eigenvalue weighted by atomic mass is 16.5. The van der Waals surface area contributed by atoms with Gasteiger partial charge in [-0.05, 0) is 30.7 Å². The molecule has 7 heteroatoms. The molecule has 7 nitrogen and oxygen atoms in total. The van der Waals surface area contributed by atoms with Crippen molar-refractivity contribution in [2.75, 3.05) is 40.5 Å². The summed E-state index contributed by atoms with van der Waals surface area (Å²) < 4.78 is 12.3. The second-order valence-corrected chi connectivity index (χ2v) is 6.77. The van der Waals surface area contributed by atoms with E-state index < -0.39 is 11.4 Å². The van der Waals surface area contributed by atoms with Gasteiger partial charge in [-0.1, -0.05) is 0 Å². The van der Waals surface area contributed by atoms with Crippen LogP contribution in [0.3, 0.4) is 0 Å². The number of benzene rings is 1. The molecule has 1 atom stereocenters. The Hall–Kier alpha value is -2.38. The second-order valence-electron chi connectivity index (χ2n) is 6.77. The van der Waals surface area contributed by atoms with Crippen LogP contribution in [0.15, 0.2) is 30.5 Å². The minimum Gasteiger partial charge on any atom is -0.481 e. The van der Waals surface area contributed by atoms with Crippen molar-refractivity contribution in [1.29, 1.82) is 0 Å². The number of hydrogen-bond donors (Lipinski definition) is 1. The SMILES string of the molecule is COCCn1ccc2cc(C(=O)N3CCC(COC)(C(=O)O)C3)ccc21. The minimum absolute atomic E-state index is 0.105. The van der Waals surface area contributed by atoms with E-state index in [0.717, 1.165) is 17.4 Å². The van der Waals surface area contributed by atoms with Crippen LogP contribution in [0.4, 0.5) is 0 Å². The zero-order valence-electron chi connectivity index (χ0n) is 15.1. The largest absolute Gasteiger partial charge is 0.481 e. The number of aromatic nitrogens is 1. The molecule has 1 aromatic heterocycles. The zero-order valence-corrected chi connectivity index (χ0v) is 15.1. The molecule has 0 spiro atoms. The summed E-state index contributed by atoms with van der Waals surface area (Å²) in [6, 6.07) is 7.55. The summed E-state index contributed by atoms with van der Waals surface area (Å²) in [6.07, 6.45) is 2.37. The van der Waals surface area contributed by atoms with Gasteiger partial charge in [0.05, 0.1) is 13.2 Å². The number of carboxylic acids is 1. The third-order valence-corrected chi connectivity index (χ3v) is 5.07. The van der Waals surface area contributed by atoms with Crippen molar-refractivity contribution < 1.29 is 24.2 Å². The van der Waals surface area contributed by atoms with Gasteiger partial charge < -0.3 is 24.0 Å². The van der Waals surface area contributed by atoms with Crippen molar-refractivity contribution in [3.05, 3.63) is 36.0 Å². The Morgan fingerprint density at radius 3 is 2.73 bits per heavy atom. The van der Waals surface area contributed by atoms with Gasteiger partial charge in [0.2, 0.25) is 0 Å². The number of carbonyl (C=O) groups excluding carboxylic acids is 1. The van der Waals surface area contributed by atoms with Crippen molar-refractivity contribution in [3.8, 4) is 0 Å². The molecule has 1 amide bonds. The molecule has 1 N–H and O–H groups in total. The number of nitrogens with zero attached hydrogens (tertiary/aromatic N) is 2. The van der Waals surface area contributed by atoms with Crippen LogP contribution < -0.4 is 0 Å². The normalized spacial score (nSPS) is 20.0. The topological polar surface area (TPSA) is 81.0 Å². The molecule has 1 aliphatic heterocycles. The van der Waals surface area contributed by atoms with Crippen molar-refractivity contribution in [2.45, 2.75) is 13.0 Å². The maximum Gasteiger partial charge on any atom is 0.313 e. The fourth-order valence-electron chi connectivity index (χ4n) is 3.58. The Bertz CT molecular complexity index is 815. The lowest BCUT2D eigenvalue weighted by Crippen LogP contribution is -2.40. The fraction of sp³-hybridized carbons (Fsp3) is 0.474. The number of ether oxygens (including phenoxy) is 2. The predicted octanol–water partition coefficient (Wildman–Crippen LogP) is 1.85. The van der Waals surface area contributed by atoms with Crippen LogP contribution in [-0.4, -0.2) is 67.0 Å². The van der Waals surface area contributed by atoms with Crippen LogP contribution in [-0.2, 0) is 20.8 Å². The van der Waals surface area contributed by atoms with E-state index >= 15 is 0 Å². The molecular weight excluding hydrogens is 336 g/mol. The van der Waals surface area contributed by atoms with E-state index in [4.69, 9.17) is 9.47 Å². The number of carboxylic acid groups (broad SMARTS) is 1. The summed E-state index contributed by atoms with van der Waals surface area (Å²) in [7, 11) is 3.15. The number of likely N-dealkylation sites (tertiary alicyclic amines) is 1. The maximum absolute atomic E-state index is 12.8. The monoisotopic (exact) mass is 360 g/mol. The number of aliphatic carboxylic acids is 1. The van der Waals surface area contributed by atoms with E-state index in [0.29, 0.717) is 25.1 Å². The standard InChI is InChI=1S/C19H24N2O5/c1-25-10-9-20-7-5-14-11-15(3-4-16(14)20)17(22)21-8-6-19(12-21,13-26-2)18(23)24/h3-5,7,11H,6,8-10,12-13H2,1-2H3,(H,23,24). The first-order valence-corrected chi connectivity index (χ1v) is 8.60. The molecule has 1 aliphatic rings. The van der Waals surface area contributed by atoms with Crippen LogP contribution in [0.1, 0.15) is 16.8 Å². The number of carbonyl (C=O) groups is 2. The van der Waals surface area contributed by atoms with Crippen molar-refractivity contribution >= 4 is 22.8 Å². The van der Waals surface area contributed by atoms with Crippen LogP contribution in [0, 0.1) is 5.41 Å². The van der Waals surface area contributed by atoms with Gasteiger partial charge in [0.25, 0.3) is 5.91 Å². The Morgan fingerprint density at radius 2 is 2.04 bits per heavy atom. The highest BCUT2D eigenvalue weighted by molar-refractivity contribution is 5.98. The number of methoxy groups -OCH3 is 2. The molecular formula is C19H24N2O5. The summed E-state index contributed by atoms with van der Waals surface area (Å²) in [5, 5.41) is 10.5. The van der Waals surface area contributed by atoms with E-state index in [1.165, 1.54) is 7.11 Å². The second kappa shape index (κ2) is 7.47. The number of amides is 1. The summed E-state index contributed by atoms with van der Waals surface area (Å²) in [5.74, 6) is -1.06. The molecule has 3 rings (SSSR count). The summed E-state index contributed by atoms with van der Waals surface area (Å²) >= 11 is 0. The van der Waals surface area contributed by atoms with E-state index in [-0.39, 0.29) is 19.1 Å². The first kappa shape index (κ1) is 18.4. The number of hydrogen-bond acceptors (Lipinski definition) is 4. The quantitative estimate of drug-likeness (QED) is 0.815. The van der Waals surface area contributed by atoms with E-state index in [2.05, 4.69) is 4.57 Å². The molecule has 0 radical (unpaired) electrons. The Kier molecular flexibility index (Phi) is 5.29. The van der Waals surface area contributed by atoms with Crippen molar-refractivity contribution in [2.24, 2.45) is 5.41 Å². The molecule has 1 aromatic carbocycles. The average molecular weight is 360 g/mol. The van der Waals surface area contributed by atoms with E-state index in [1.54, 1.807) is 18.1 Å². The summed E-state index contributed by atoms with van der Waals surface area (Å²) in [5.41, 5.74) is 0.595. The number of fused-ring (bicyclic) bond motifs is 1. The number of rotatable bonds is 7. The maximum atomic E-state index is 12.8. The van der Waals surface area contributed by atoms with Crippen LogP contribution >= 0.6 is 0 Å². The van der Waals surface area contributed by atoms with Gasteiger partial charge in [-0.25, -0.2) is 0 Å². The molecule has 2 heterocycles. The van der Waals surface area contributed by atoms with Crippen molar-refractivity contribution in [1.82, 2.24) is 9.47 Å². The molecule has 2 aromatic rings. The molecule has 1 unspecified atom stereocenters. The molecule has 0 bridgehead atoms. The van der Waals surface area contributed by atoms with E-state index in [9.17, 15) is 14.7 Å². The zero-order chi connectivity index (χ0) is 18.7. The average Bonchev–Trinajstić information content (AvgIpc) is 3.24. The minimum atomic E-state index is -1.02. The first-order valence-electron chi connectivity index (χ1n) is 8.60. The molecule has 0 saturated carbocycles. The smallest absolute Gasteiger partial charge is 0.313 e. The third kappa shape index (κ3) is 3.32. The Labute approximate surface area is 152 Å². The van der Waals surface area contributed by atoms with E-state index in [1.807, 2.05) is 24.4 Å². The summed E-state index contributed by atoms with van der Waals surface area (Å²) in [6.45, 7) is 2.06. The first-order chi connectivity index (χ1) is 12.5. The lowest BCUT2D eigenvalue weighted by molar-refractivity contribution is -0.151. The highest BCUT2D eigenvalue weighted by Gasteiger charge is 2.46. The molecule has 0 aliphatic carbocycles.